The number of unbranched alkanes of at least 4 members (excludes halogenated alkanes) is 4. The fourth-order valence-electron chi connectivity index (χ4n) is 4.04. The minimum absolute atomic E-state index is 0.674. The highest BCUT2D eigenvalue weighted by Gasteiger charge is 2.04. The Morgan fingerprint density at radius 3 is 0.860 bits per heavy atom. The Morgan fingerprint density at radius 1 is 0.372 bits per heavy atom. The van der Waals surface area contributed by atoms with Gasteiger partial charge >= 0.3 is 0 Å². The molecule has 0 aromatic heterocycles. The van der Waals surface area contributed by atoms with Gasteiger partial charge in [-0.05, 0) is 110 Å². The normalized spacial score (nSPS) is 10.5. The van der Waals surface area contributed by atoms with Crippen LogP contribution in [0.2, 0.25) is 20.1 Å². The van der Waals surface area contributed by atoms with Crippen molar-refractivity contribution in [3.05, 3.63) is 117 Å². The lowest BCUT2D eigenvalue weighted by Crippen LogP contribution is -2.22. The molecule has 0 aliphatic rings. The van der Waals surface area contributed by atoms with Gasteiger partial charge in [0.2, 0.25) is 0 Å². The van der Waals surface area contributed by atoms with Crippen LogP contribution in [0.15, 0.2) is 107 Å². The summed E-state index contributed by atoms with van der Waals surface area (Å²) in [6.45, 7) is 1.41. The maximum absolute atomic E-state index is 6.04. The number of aliphatic imine (C=N–C) groups is 2. The molecular formula is C33H34Cl4N6. The van der Waals surface area contributed by atoms with E-state index in [1.54, 1.807) is 0 Å². The van der Waals surface area contributed by atoms with Crippen molar-refractivity contribution in [3.8, 4) is 0 Å². The van der Waals surface area contributed by atoms with Gasteiger partial charge in [-0.25, -0.2) is 0 Å². The van der Waals surface area contributed by atoms with Crippen molar-refractivity contribution in [2.45, 2.75) is 32.1 Å². The topological polar surface area (TPSA) is 72.8 Å². The van der Waals surface area contributed by atoms with Gasteiger partial charge in [0.05, 0.1) is 0 Å². The number of nitrogens with zero attached hydrogens (tertiary/aromatic N) is 2. The lowest BCUT2D eigenvalue weighted by atomic mass is 10.1. The molecule has 0 heterocycles. The van der Waals surface area contributed by atoms with E-state index in [2.05, 4.69) is 21.3 Å². The van der Waals surface area contributed by atoms with Crippen LogP contribution in [0.25, 0.3) is 0 Å². The summed E-state index contributed by atoms with van der Waals surface area (Å²) in [4.78, 5) is 9.56. The lowest BCUT2D eigenvalue weighted by molar-refractivity contribution is 0.624. The van der Waals surface area contributed by atoms with Crippen LogP contribution in [0.5, 0.6) is 0 Å². The first-order valence-electron chi connectivity index (χ1n) is 14.1. The Hall–Kier alpha value is -3.42. The summed E-state index contributed by atoms with van der Waals surface area (Å²) >= 11 is 24.2. The molecule has 0 fully saturated rings. The highest BCUT2D eigenvalue weighted by Crippen LogP contribution is 2.18. The van der Waals surface area contributed by atoms with E-state index in [9.17, 15) is 0 Å². The van der Waals surface area contributed by atoms with Crippen molar-refractivity contribution < 1.29 is 0 Å². The van der Waals surface area contributed by atoms with E-state index >= 15 is 0 Å². The Morgan fingerprint density at radius 2 is 0.605 bits per heavy atom. The van der Waals surface area contributed by atoms with Gasteiger partial charge in [-0.3, -0.25) is 9.98 Å². The number of benzene rings is 4. The number of rotatable bonds is 12. The van der Waals surface area contributed by atoms with E-state index in [1.165, 1.54) is 0 Å². The second kappa shape index (κ2) is 17.6. The monoisotopic (exact) mass is 654 g/mol. The van der Waals surface area contributed by atoms with Crippen LogP contribution in [0.4, 0.5) is 22.7 Å². The highest BCUT2D eigenvalue weighted by atomic mass is 35.5. The minimum Gasteiger partial charge on any atom is -0.326 e. The van der Waals surface area contributed by atoms with Gasteiger partial charge in [0.25, 0.3) is 0 Å². The zero-order valence-corrected chi connectivity index (χ0v) is 26.6. The predicted molar refractivity (Wildman–Crippen MR) is 188 cm³/mol. The van der Waals surface area contributed by atoms with E-state index in [0.717, 1.165) is 54.9 Å². The maximum atomic E-state index is 6.04. The van der Waals surface area contributed by atoms with E-state index in [1.807, 2.05) is 97.1 Å². The third-order valence-corrected chi connectivity index (χ3v) is 7.29. The molecule has 43 heavy (non-hydrogen) atoms. The second-order valence-electron chi connectivity index (χ2n) is 9.76. The molecule has 0 radical (unpaired) electrons. The fourth-order valence-corrected chi connectivity index (χ4v) is 4.54. The summed E-state index contributed by atoms with van der Waals surface area (Å²) in [5, 5.41) is 16.1. The molecule has 0 spiro atoms. The average molecular weight is 656 g/mol. The maximum Gasteiger partial charge on any atom is 0.200 e. The number of anilines is 4. The molecule has 4 N–H and O–H groups in total. The predicted octanol–water partition coefficient (Wildman–Crippen LogP) is 10.7. The Balaban J connectivity index is 1.23. The lowest BCUT2D eigenvalue weighted by Gasteiger charge is -2.13. The number of halogens is 4. The highest BCUT2D eigenvalue weighted by molar-refractivity contribution is 6.31. The smallest absolute Gasteiger partial charge is 0.200 e. The van der Waals surface area contributed by atoms with Crippen LogP contribution in [-0.4, -0.2) is 25.0 Å². The van der Waals surface area contributed by atoms with Crippen molar-refractivity contribution in [2.24, 2.45) is 9.98 Å². The molecule has 0 aliphatic carbocycles. The first-order valence-corrected chi connectivity index (χ1v) is 15.6. The summed E-state index contributed by atoms with van der Waals surface area (Å²) in [6, 6.07) is 30.1. The SMILES string of the molecule is Clc1ccc(NC(=NCCCCCCCN=C(Nc2ccc(Cl)cc2)Nc2ccc(Cl)cc2)Nc2ccc(Cl)cc2)cc1. The first kappa shape index (κ1) is 32.5. The number of hydrogen-bond acceptors (Lipinski definition) is 2. The van der Waals surface area contributed by atoms with Gasteiger partial charge < -0.3 is 21.3 Å². The third-order valence-electron chi connectivity index (χ3n) is 6.28. The van der Waals surface area contributed by atoms with Gasteiger partial charge in [0, 0.05) is 55.9 Å². The molecule has 0 unspecified atom stereocenters. The molecule has 4 aromatic carbocycles. The van der Waals surface area contributed by atoms with Gasteiger partial charge in [-0.2, -0.15) is 0 Å². The van der Waals surface area contributed by atoms with Crippen LogP contribution in [-0.2, 0) is 0 Å². The molecule has 4 rings (SSSR count). The Labute approximate surface area is 273 Å². The fraction of sp³-hybridized carbons (Fsp3) is 0.212. The molecule has 0 amide bonds. The largest absolute Gasteiger partial charge is 0.326 e. The van der Waals surface area contributed by atoms with E-state index in [0.29, 0.717) is 45.1 Å². The number of nitrogens with one attached hydrogen (secondary N) is 4. The second-order valence-corrected chi connectivity index (χ2v) is 11.5. The standard InChI is InChI=1S/C33H34Cl4N6/c34-24-6-14-28(15-7-24)40-32(41-29-16-8-25(35)9-17-29)38-22-4-2-1-3-5-23-39-33(42-30-18-10-26(36)11-19-30)43-31-20-12-27(37)13-21-31/h6-21H,1-5,22-23H2,(H2,38,40,41)(H2,39,42,43). The van der Waals surface area contributed by atoms with Crippen molar-refractivity contribution in [1.82, 2.24) is 0 Å². The van der Waals surface area contributed by atoms with Crippen LogP contribution >= 0.6 is 46.4 Å². The first-order chi connectivity index (χ1) is 20.9. The summed E-state index contributed by atoms with van der Waals surface area (Å²) in [6.07, 6.45) is 5.25. The van der Waals surface area contributed by atoms with Crippen molar-refractivity contribution in [1.29, 1.82) is 0 Å². The zero-order valence-electron chi connectivity index (χ0n) is 23.6. The molecule has 0 saturated heterocycles. The number of guanidine groups is 2. The molecule has 0 aliphatic heterocycles. The van der Waals surface area contributed by atoms with Crippen LogP contribution in [0.1, 0.15) is 32.1 Å². The summed E-state index contributed by atoms with van der Waals surface area (Å²) in [5.41, 5.74) is 3.61. The van der Waals surface area contributed by atoms with E-state index in [4.69, 9.17) is 56.4 Å². The minimum atomic E-state index is 0.674. The molecule has 6 nitrogen and oxygen atoms in total. The van der Waals surface area contributed by atoms with Gasteiger partial charge in [0.1, 0.15) is 0 Å². The third kappa shape index (κ3) is 12.4. The van der Waals surface area contributed by atoms with Crippen molar-refractivity contribution in [3.63, 3.8) is 0 Å². The van der Waals surface area contributed by atoms with E-state index < -0.39 is 0 Å². The van der Waals surface area contributed by atoms with Crippen LogP contribution in [0, 0.1) is 0 Å². The van der Waals surface area contributed by atoms with Gasteiger partial charge in [0.15, 0.2) is 11.9 Å². The quantitative estimate of drug-likeness (QED) is 0.0696. The summed E-state index contributed by atoms with van der Waals surface area (Å²) in [5.74, 6) is 1.35. The molecule has 10 heteroatoms. The molecule has 0 bridgehead atoms. The van der Waals surface area contributed by atoms with E-state index in [-0.39, 0.29) is 0 Å². The molecule has 0 atom stereocenters. The van der Waals surface area contributed by atoms with Gasteiger partial charge in [-0.15, -0.1) is 0 Å². The van der Waals surface area contributed by atoms with Gasteiger partial charge in [-0.1, -0.05) is 65.7 Å². The average Bonchev–Trinajstić information content (AvgIpc) is 3.00. The van der Waals surface area contributed by atoms with Crippen molar-refractivity contribution in [2.75, 3.05) is 34.4 Å². The summed E-state index contributed by atoms with van der Waals surface area (Å²) in [7, 11) is 0. The van der Waals surface area contributed by atoms with Crippen LogP contribution in [0.3, 0.4) is 0 Å². The molecular weight excluding hydrogens is 622 g/mol. The molecule has 0 saturated carbocycles. The summed E-state index contributed by atoms with van der Waals surface area (Å²) < 4.78 is 0. The number of hydrogen-bond donors (Lipinski definition) is 4. The Bertz CT molecular complexity index is 1240. The van der Waals surface area contributed by atoms with Crippen LogP contribution < -0.4 is 21.3 Å². The van der Waals surface area contributed by atoms with Crippen molar-refractivity contribution >= 4 is 81.1 Å². The molecule has 224 valence electrons. The Kier molecular flexibility index (Phi) is 13.3. The molecule has 4 aromatic rings. The zero-order chi connectivity index (χ0) is 30.3.